The fourth-order valence-corrected chi connectivity index (χ4v) is 2.72. The van der Waals surface area contributed by atoms with Crippen molar-refractivity contribution in [1.82, 2.24) is 15.3 Å². The quantitative estimate of drug-likeness (QED) is 0.943. The molecule has 0 spiro atoms. The molecular formula is C12H14BrN3S. The summed E-state index contributed by atoms with van der Waals surface area (Å²) < 4.78 is 1.11. The predicted molar refractivity (Wildman–Crippen MR) is 75.1 cm³/mol. The van der Waals surface area contributed by atoms with Gasteiger partial charge in [-0.3, -0.25) is 0 Å². The number of nitrogens with one attached hydrogen (secondary N) is 1. The summed E-state index contributed by atoms with van der Waals surface area (Å²) in [6.07, 6.45) is 1.81. The zero-order chi connectivity index (χ0) is 12.5. The van der Waals surface area contributed by atoms with Crippen LogP contribution in [0.5, 0.6) is 0 Å². The van der Waals surface area contributed by atoms with E-state index < -0.39 is 0 Å². The van der Waals surface area contributed by atoms with Gasteiger partial charge >= 0.3 is 0 Å². The number of aromatic nitrogens is 2. The third-order valence-corrected chi connectivity index (χ3v) is 4.31. The van der Waals surface area contributed by atoms with Crippen LogP contribution >= 0.6 is 27.3 Å². The third kappa shape index (κ3) is 2.73. The van der Waals surface area contributed by atoms with Gasteiger partial charge in [-0.05, 0) is 55.0 Å². The molecule has 90 valence electrons. The second kappa shape index (κ2) is 4.84. The molecule has 0 aromatic carbocycles. The lowest BCUT2D eigenvalue weighted by atomic mass is 10.1. The van der Waals surface area contributed by atoms with E-state index in [9.17, 15) is 0 Å². The number of hydrogen-bond acceptors (Lipinski definition) is 4. The largest absolute Gasteiger partial charge is 0.308 e. The molecule has 2 aromatic rings. The second-order valence-corrected chi connectivity index (χ2v) is 6.71. The Morgan fingerprint density at radius 1 is 1.29 bits per heavy atom. The third-order valence-electron chi connectivity index (χ3n) is 2.67. The Morgan fingerprint density at radius 3 is 2.65 bits per heavy atom. The van der Waals surface area contributed by atoms with Crippen LogP contribution in [0.1, 0.15) is 19.7 Å². The van der Waals surface area contributed by atoms with E-state index in [1.165, 1.54) is 0 Å². The summed E-state index contributed by atoms with van der Waals surface area (Å²) in [5, 5.41) is 3.21. The van der Waals surface area contributed by atoms with Gasteiger partial charge < -0.3 is 5.32 Å². The van der Waals surface area contributed by atoms with Crippen molar-refractivity contribution < 1.29 is 0 Å². The van der Waals surface area contributed by atoms with Crippen LogP contribution in [0.25, 0.3) is 10.6 Å². The van der Waals surface area contributed by atoms with E-state index in [0.29, 0.717) is 0 Å². The lowest BCUT2D eigenvalue weighted by Crippen LogP contribution is -2.35. The molecule has 0 saturated carbocycles. The van der Waals surface area contributed by atoms with Crippen LogP contribution < -0.4 is 5.32 Å². The highest BCUT2D eigenvalue weighted by Gasteiger charge is 2.21. The highest BCUT2D eigenvalue weighted by molar-refractivity contribution is 9.11. The normalized spacial score (nSPS) is 11.8. The summed E-state index contributed by atoms with van der Waals surface area (Å²) in [7, 11) is 1.91. The summed E-state index contributed by atoms with van der Waals surface area (Å²) in [5.41, 5.74) is 0.749. The zero-order valence-electron chi connectivity index (χ0n) is 9.99. The van der Waals surface area contributed by atoms with E-state index >= 15 is 0 Å². The molecule has 2 heterocycles. The molecule has 0 aliphatic heterocycles. The molecule has 0 unspecified atom stereocenters. The van der Waals surface area contributed by atoms with Gasteiger partial charge in [-0.15, -0.1) is 11.3 Å². The van der Waals surface area contributed by atoms with Crippen molar-refractivity contribution in [2.24, 2.45) is 0 Å². The van der Waals surface area contributed by atoms with E-state index in [-0.39, 0.29) is 5.54 Å². The molecule has 2 rings (SSSR count). The summed E-state index contributed by atoms with van der Waals surface area (Å²) in [5.74, 6) is 0.807. The minimum absolute atomic E-state index is 0.218. The molecule has 0 aliphatic carbocycles. The van der Waals surface area contributed by atoms with E-state index in [1.807, 2.05) is 25.4 Å². The highest BCUT2D eigenvalue weighted by Crippen LogP contribution is 2.30. The van der Waals surface area contributed by atoms with Gasteiger partial charge in [0, 0.05) is 6.20 Å². The Labute approximate surface area is 113 Å². The van der Waals surface area contributed by atoms with Crippen molar-refractivity contribution in [1.29, 1.82) is 0 Å². The Bertz CT molecular complexity index is 522. The average Bonchev–Trinajstić information content (AvgIpc) is 2.76. The summed E-state index contributed by atoms with van der Waals surface area (Å²) in [6, 6.07) is 6.03. The van der Waals surface area contributed by atoms with Crippen molar-refractivity contribution >= 4 is 27.3 Å². The van der Waals surface area contributed by atoms with Gasteiger partial charge in [0.2, 0.25) is 0 Å². The molecule has 3 nitrogen and oxygen atoms in total. The van der Waals surface area contributed by atoms with Gasteiger partial charge in [-0.2, -0.15) is 0 Å². The average molecular weight is 312 g/mol. The smallest absolute Gasteiger partial charge is 0.148 e. The first-order valence-corrected chi connectivity index (χ1v) is 6.92. The van der Waals surface area contributed by atoms with Gasteiger partial charge in [-0.1, -0.05) is 0 Å². The lowest BCUT2D eigenvalue weighted by molar-refractivity contribution is 0.417. The first kappa shape index (κ1) is 12.7. The molecule has 2 aromatic heterocycles. The van der Waals surface area contributed by atoms with Crippen molar-refractivity contribution in [3.63, 3.8) is 0 Å². The summed E-state index contributed by atoms with van der Waals surface area (Å²) >= 11 is 5.14. The van der Waals surface area contributed by atoms with Gasteiger partial charge in [0.1, 0.15) is 5.82 Å². The Morgan fingerprint density at radius 2 is 2.06 bits per heavy atom. The van der Waals surface area contributed by atoms with Gasteiger partial charge in [-0.25, -0.2) is 9.97 Å². The maximum absolute atomic E-state index is 4.61. The molecule has 5 heteroatoms. The Balaban J connectivity index is 2.42. The van der Waals surface area contributed by atoms with Crippen molar-refractivity contribution in [2.75, 3.05) is 7.05 Å². The molecule has 0 amide bonds. The van der Waals surface area contributed by atoms with Crippen molar-refractivity contribution in [3.05, 3.63) is 34.0 Å². The van der Waals surface area contributed by atoms with Crippen LogP contribution in [-0.2, 0) is 5.54 Å². The van der Waals surface area contributed by atoms with Crippen LogP contribution in [0.15, 0.2) is 28.2 Å². The Hall–Kier alpha value is -0.780. The minimum Gasteiger partial charge on any atom is -0.308 e. The minimum atomic E-state index is -0.218. The SMILES string of the molecule is CNC(C)(C)c1nccc(-c2ccc(Br)s2)n1. The molecule has 17 heavy (non-hydrogen) atoms. The molecule has 0 bridgehead atoms. The number of rotatable bonds is 3. The number of thiophene rings is 1. The molecular weight excluding hydrogens is 298 g/mol. The van der Waals surface area contributed by atoms with Crippen molar-refractivity contribution in [3.8, 4) is 10.6 Å². The number of halogens is 1. The molecule has 0 fully saturated rings. The Kier molecular flexibility index (Phi) is 3.61. The maximum Gasteiger partial charge on any atom is 0.148 e. The van der Waals surface area contributed by atoms with E-state index in [2.05, 4.69) is 51.1 Å². The standard InChI is InChI=1S/C12H14BrN3S/c1-12(2,14-3)11-15-7-6-8(16-11)9-4-5-10(13)17-9/h4-7,14H,1-3H3. The number of nitrogens with zero attached hydrogens (tertiary/aromatic N) is 2. The second-order valence-electron chi connectivity index (χ2n) is 4.24. The van der Waals surface area contributed by atoms with E-state index in [1.54, 1.807) is 11.3 Å². The summed E-state index contributed by atoms with van der Waals surface area (Å²) in [4.78, 5) is 10.1. The molecule has 0 radical (unpaired) electrons. The molecule has 0 atom stereocenters. The van der Waals surface area contributed by atoms with E-state index in [4.69, 9.17) is 0 Å². The number of hydrogen-bond donors (Lipinski definition) is 1. The van der Waals surface area contributed by atoms with Crippen LogP contribution in [0.4, 0.5) is 0 Å². The summed E-state index contributed by atoms with van der Waals surface area (Å²) in [6.45, 7) is 4.13. The predicted octanol–water partition coefficient (Wildman–Crippen LogP) is 3.42. The van der Waals surface area contributed by atoms with Gasteiger partial charge in [0.15, 0.2) is 0 Å². The fraction of sp³-hybridized carbons (Fsp3) is 0.333. The topological polar surface area (TPSA) is 37.8 Å². The van der Waals surface area contributed by atoms with Gasteiger partial charge in [0.05, 0.1) is 19.9 Å². The van der Waals surface area contributed by atoms with Crippen LogP contribution in [0.3, 0.4) is 0 Å². The highest BCUT2D eigenvalue weighted by atomic mass is 79.9. The fourth-order valence-electron chi connectivity index (χ4n) is 1.36. The van der Waals surface area contributed by atoms with Crippen molar-refractivity contribution in [2.45, 2.75) is 19.4 Å². The lowest BCUT2D eigenvalue weighted by Gasteiger charge is -2.22. The maximum atomic E-state index is 4.61. The zero-order valence-corrected chi connectivity index (χ0v) is 12.4. The first-order valence-electron chi connectivity index (χ1n) is 5.31. The van der Waals surface area contributed by atoms with Crippen LogP contribution in [0, 0.1) is 0 Å². The molecule has 1 N–H and O–H groups in total. The van der Waals surface area contributed by atoms with Crippen LogP contribution in [0.2, 0.25) is 0 Å². The first-order chi connectivity index (χ1) is 8.03. The van der Waals surface area contributed by atoms with Crippen LogP contribution in [-0.4, -0.2) is 17.0 Å². The monoisotopic (exact) mass is 311 g/mol. The molecule has 0 saturated heterocycles. The molecule has 0 aliphatic rings. The van der Waals surface area contributed by atoms with E-state index in [0.717, 1.165) is 20.2 Å². The van der Waals surface area contributed by atoms with Gasteiger partial charge in [0.25, 0.3) is 0 Å².